The Bertz CT molecular complexity index is 1160. The minimum Gasteiger partial charge on any atom is -0.494 e. The van der Waals surface area contributed by atoms with Gasteiger partial charge in [0.25, 0.3) is 0 Å². The van der Waals surface area contributed by atoms with Gasteiger partial charge in [0.1, 0.15) is 11.6 Å². The molecule has 0 unspecified atom stereocenters. The van der Waals surface area contributed by atoms with Gasteiger partial charge >= 0.3 is 0 Å². The number of thioether (sulfide) groups is 1. The summed E-state index contributed by atoms with van der Waals surface area (Å²) in [6.07, 6.45) is 0.647. The average Bonchev–Trinajstić information content (AvgIpc) is 3.49. The van der Waals surface area contributed by atoms with Crippen molar-refractivity contribution < 1.29 is 9.53 Å². The lowest BCUT2D eigenvalue weighted by Gasteiger charge is -2.16. The van der Waals surface area contributed by atoms with Gasteiger partial charge < -0.3 is 9.64 Å². The fourth-order valence-corrected chi connectivity index (χ4v) is 5.03. The molecule has 6 nitrogen and oxygen atoms in total. The van der Waals surface area contributed by atoms with Gasteiger partial charge in [0.2, 0.25) is 5.91 Å². The minimum atomic E-state index is 0.0549. The van der Waals surface area contributed by atoms with Gasteiger partial charge in [0.05, 0.1) is 18.9 Å². The van der Waals surface area contributed by atoms with Crippen LogP contribution in [0.15, 0.2) is 77.3 Å². The zero-order valence-corrected chi connectivity index (χ0v) is 20.3. The molecule has 1 amide bonds. The highest BCUT2D eigenvalue weighted by Crippen LogP contribution is 2.25. The van der Waals surface area contributed by atoms with Crippen molar-refractivity contribution in [3.05, 3.63) is 88.4 Å². The summed E-state index contributed by atoms with van der Waals surface area (Å²) in [5, 5.41) is 11.6. The predicted molar refractivity (Wildman–Crippen MR) is 133 cm³/mol. The van der Waals surface area contributed by atoms with Crippen LogP contribution in [0.1, 0.15) is 23.2 Å². The number of nitrogens with zero attached hydrogens (tertiary/aromatic N) is 4. The lowest BCUT2D eigenvalue weighted by Crippen LogP contribution is -2.27. The molecule has 0 saturated carbocycles. The van der Waals surface area contributed by atoms with E-state index in [2.05, 4.69) is 22.3 Å². The number of aromatic nitrogens is 3. The van der Waals surface area contributed by atoms with Crippen LogP contribution >= 0.6 is 23.1 Å². The quantitative estimate of drug-likeness (QED) is 0.298. The van der Waals surface area contributed by atoms with Crippen LogP contribution in [0.25, 0.3) is 5.69 Å². The lowest BCUT2D eigenvalue weighted by molar-refractivity contribution is -0.127. The molecule has 33 heavy (non-hydrogen) atoms. The van der Waals surface area contributed by atoms with Crippen molar-refractivity contribution >= 4 is 29.0 Å². The molecular formula is C25H26N4O2S2. The Balaban J connectivity index is 1.54. The molecule has 2 aromatic carbocycles. The zero-order chi connectivity index (χ0) is 23.0. The van der Waals surface area contributed by atoms with Gasteiger partial charge in [-0.05, 0) is 48.2 Å². The Morgan fingerprint density at radius 3 is 2.55 bits per heavy atom. The maximum absolute atomic E-state index is 12.7. The van der Waals surface area contributed by atoms with Crippen LogP contribution in [0.4, 0.5) is 0 Å². The number of hydrogen-bond acceptors (Lipinski definition) is 6. The Morgan fingerprint density at radius 1 is 1.06 bits per heavy atom. The van der Waals surface area contributed by atoms with Crippen molar-refractivity contribution in [3.63, 3.8) is 0 Å². The molecule has 4 aromatic rings. The number of rotatable bonds is 10. The first-order valence-corrected chi connectivity index (χ1v) is 12.6. The van der Waals surface area contributed by atoms with E-state index in [1.165, 1.54) is 16.6 Å². The van der Waals surface area contributed by atoms with Crippen LogP contribution in [-0.4, -0.2) is 45.0 Å². The molecule has 0 saturated heterocycles. The molecule has 0 atom stereocenters. The van der Waals surface area contributed by atoms with E-state index in [4.69, 9.17) is 4.74 Å². The molecular weight excluding hydrogens is 452 g/mol. The molecule has 0 fully saturated rings. The molecule has 0 radical (unpaired) electrons. The summed E-state index contributed by atoms with van der Waals surface area (Å²) < 4.78 is 7.62. The molecule has 4 rings (SSSR count). The van der Waals surface area contributed by atoms with Gasteiger partial charge in [0.15, 0.2) is 5.16 Å². The second-order valence-electron chi connectivity index (χ2n) is 7.44. The standard InChI is InChI=1S/C25H26N4O2S2/c1-3-31-21-13-11-20(12-14-21)29-23(16-19-8-5-4-6-9-19)26-27-25(29)33-18-24(30)28(2)17-22-10-7-15-32-22/h4-15H,3,16-18H2,1-2H3. The average molecular weight is 479 g/mol. The molecule has 0 N–H and O–H groups in total. The lowest BCUT2D eigenvalue weighted by atomic mass is 10.1. The Kier molecular flexibility index (Phi) is 7.80. The summed E-state index contributed by atoms with van der Waals surface area (Å²) in [7, 11) is 1.83. The maximum atomic E-state index is 12.7. The zero-order valence-electron chi connectivity index (χ0n) is 18.7. The topological polar surface area (TPSA) is 60.2 Å². The van der Waals surface area contributed by atoms with Crippen LogP contribution in [0, 0.1) is 0 Å². The van der Waals surface area contributed by atoms with Crippen LogP contribution in [-0.2, 0) is 17.8 Å². The number of ether oxygens (including phenoxy) is 1. The SMILES string of the molecule is CCOc1ccc(-n2c(Cc3ccccc3)nnc2SCC(=O)N(C)Cc2cccs2)cc1. The molecule has 8 heteroatoms. The number of thiophene rings is 1. The monoisotopic (exact) mass is 478 g/mol. The number of carbonyl (C=O) groups is 1. The van der Waals surface area contributed by atoms with Crippen molar-refractivity contribution in [1.29, 1.82) is 0 Å². The van der Waals surface area contributed by atoms with Crippen LogP contribution in [0.5, 0.6) is 5.75 Å². The Hall–Kier alpha value is -3.10. The Morgan fingerprint density at radius 2 is 1.85 bits per heavy atom. The van der Waals surface area contributed by atoms with Gasteiger partial charge in [0, 0.05) is 24.0 Å². The van der Waals surface area contributed by atoms with E-state index in [1.54, 1.807) is 16.2 Å². The van der Waals surface area contributed by atoms with E-state index in [9.17, 15) is 4.79 Å². The summed E-state index contributed by atoms with van der Waals surface area (Å²) in [6.45, 7) is 3.20. The molecule has 0 bridgehead atoms. The van der Waals surface area contributed by atoms with Crippen LogP contribution < -0.4 is 4.74 Å². The summed E-state index contributed by atoms with van der Waals surface area (Å²) in [5.41, 5.74) is 2.09. The van der Waals surface area contributed by atoms with Gasteiger partial charge in [-0.15, -0.1) is 21.5 Å². The summed E-state index contributed by atoms with van der Waals surface area (Å²) in [4.78, 5) is 15.7. The van der Waals surface area contributed by atoms with Gasteiger partial charge in [-0.25, -0.2) is 0 Å². The first-order chi connectivity index (χ1) is 16.1. The number of hydrogen-bond donors (Lipinski definition) is 0. The van der Waals surface area contributed by atoms with E-state index >= 15 is 0 Å². The maximum Gasteiger partial charge on any atom is 0.233 e. The first-order valence-electron chi connectivity index (χ1n) is 10.7. The third kappa shape index (κ3) is 6.03. The molecule has 0 aliphatic rings. The minimum absolute atomic E-state index is 0.0549. The largest absolute Gasteiger partial charge is 0.494 e. The van der Waals surface area contributed by atoms with Crippen molar-refractivity contribution in [3.8, 4) is 11.4 Å². The highest BCUT2D eigenvalue weighted by molar-refractivity contribution is 7.99. The van der Waals surface area contributed by atoms with E-state index in [0.717, 1.165) is 22.8 Å². The third-order valence-corrected chi connectivity index (χ3v) is 6.81. The second-order valence-corrected chi connectivity index (χ2v) is 9.42. The van der Waals surface area contributed by atoms with Crippen molar-refractivity contribution in [2.45, 2.75) is 25.0 Å². The highest BCUT2D eigenvalue weighted by Gasteiger charge is 2.18. The van der Waals surface area contributed by atoms with E-state index < -0.39 is 0 Å². The van der Waals surface area contributed by atoms with Crippen molar-refractivity contribution in [2.24, 2.45) is 0 Å². The highest BCUT2D eigenvalue weighted by atomic mass is 32.2. The number of carbonyl (C=O) groups excluding carboxylic acids is 1. The molecule has 0 aliphatic carbocycles. The second kappa shape index (κ2) is 11.2. The normalized spacial score (nSPS) is 10.8. The molecule has 0 aliphatic heterocycles. The summed E-state index contributed by atoms with van der Waals surface area (Å²) >= 11 is 3.06. The van der Waals surface area contributed by atoms with Gasteiger partial charge in [-0.2, -0.15) is 0 Å². The fourth-order valence-electron chi connectivity index (χ4n) is 3.37. The Labute approximate surface area is 202 Å². The van der Waals surface area contributed by atoms with Gasteiger partial charge in [-0.1, -0.05) is 48.2 Å². The van der Waals surface area contributed by atoms with E-state index in [0.29, 0.717) is 30.5 Å². The predicted octanol–water partition coefficient (Wildman–Crippen LogP) is 5.07. The smallest absolute Gasteiger partial charge is 0.233 e. The molecule has 2 heterocycles. The summed E-state index contributed by atoms with van der Waals surface area (Å²) in [6, 6.07) is 22.1. The van der Waals surface area contributed by atoms with E-state index in [-0.39, 0.29) is 5.91 Å². The third-order valence-electron chi connectivity index (χ3n) is 5.03. The van der Waals surface area contributed by atoms with Crippen LogP contribution in [0.2, 0.25) is 0 Å². The van der Waals surface area contributed by atoms with E-state index in [1.807, 2.05) is 78.5 Å². The molecule has 0 spiro atoms. The van der Waals surface area contributed by atoms with Crippen LogP contribution in [0.3, 0.4) is 0 Å². The van der Waals surface area contributed by atoms with Crippen molar-refractivity contribution in [1.82, 2.24) is 19.7 Å². The molecule has 2 aromatic heterocycles. The van der Waals surface area contributed by atoms with Gasteiger partial charge in [-0.3, -0.25) is 9.36 Å². The number of benzene rings is 2. The molecule has 170 valence electrons. The first kappa shape index (κ1) is 23.1. The number of amides is 1. The van der Waals surface area contributed by atoms with Crippen molar-refractivity contribution in [2.75, 3.05) is 19.4 Å². The fraction of sp³-hybridized carbons (Fsp3) is 0.240. The summed E-state index contributed by atoms with van der Waals surface area (Å²) in [5.74, 6) is 1.99.